The third-order valence-corrected chi connectivity index (χ3v) is 4.89. The van der Waals surface area contributed by atoms with E-state index >= 15 is 0 Å². The van der Waals surface area contributed by atoms with Crippen LogP contribution in [0.25, 0.3) is 5.57 Å². The lowest BCUT2D eigenvalue weighted by atomic mass is 9.93. The highest BCUT2D eigenvalue weighted by Gasteiger charge is 2.50. The van der Waals surface area contributed by atoms with Crippen molar-refractivity contribution in [1.29, 1.82) is 0 Å². The fourth-order valence-corrected chi connectivity index (χ4v) is 3.71. The standard InChI is InChI=1S/C20H23NO3/c1-12-5-7-14(8-6-12)13(2)15-9-10-21-11-16(22)18-19(17(15)21)24-20(3,4)23-18/h5-10,16,18-19,22H,2,11H2,1,3-4H3/t16-,18-,19+/m1/s1. The van der Waals surface area contributed by atoms with E-state index < -0.39 is 11.9 Å². The summed E-state index contributed by atoms with van der Waals surface area (Å²) < 4.78 is 14.1. The van der Waals surface area contributed by atoms with Gasteiger partial charge in [0, 0.05) is 11.8 Å². The summed E-state index contributed by atoms with van der Waals surface area (Å²) >= 11 is 0. The molecule has 3 atom stereocenters. The van der Waals surface area contributed by atoms with Crippen molar-refractivity contribution in [2.24, 2.45) is 0 Å². The summed E-state index contributed by atoms with van der Waals surface area (Å²) in [6, 6.07) is 10.4. The number of aliphatic hydroxyl groups excluding tert-OH is 1. The quantitative estimate of drug-likeness (QED) is 0.920. The van der Waals surface area contributed by atoms with Gasteiger partial charge in [-0.25, -0.2) is 0 Å². The molecular weight excluding hydrogens is 302 g/mol. The van der Waals surface area contributed by atoms with Crippen molar-refractivity contribution in [1.82, 2.24) is 4.57 Å². The summed E-state index contributed by atoms with van der Waals surface area (Å²) in [6.07, 6.45) is 0.804. The summed E-state index contributed by atoms with van der Waals surface area (Å²) in [5.41, 5.74) is 5.38. The molecule has 0 unspecified atom stereocenters. The number of aliphatic hydroxyl groups is 1. The summed E-state index contributed by atoms with van der Waals surface area (Å²) in [5, 5.41) is 10.4. The smallest absolute Gasteiger partial charge is 0.164 e. The van der Waals surface area contributed by atoms with E-state index in [1.54, 1.807) is 0 Å². The highest BCUT2D eigenvalue weighted by molar-refractivity contribution is 5.80. The summed E-state index contributed by atoms with van der Waals surface area (Å²) in [6.45, 7) is 10.7. The molecule has 2 aromatic rings. The molecule has 1 aromatic heterocycles. The van der Waals surface area contributed by atoms with Crippen molar-refractivity contribution in [3.63, 3.8) is 0 Å². The Morgan fingerprint density at radius 3 is 2.62 bits per heavy atom. The number of benzene rings is 1. The number of fused-ring (bicyclic) bond motifs is 3. The van der Waals surface area contributed by atoms with E-state index in [0.29, 0.717) is 6.54 Å². The van der Waals surface area contributed by atoms with Crippen molar-refractivity contribution < 1.29 is 14.6 Å². The van der Waals surface area contributed by atoms with E-state index in [9.17, 15) is 5.11 Å². The molecule has 1 fully saturated rings. The third kappa shape index (κ3) is 2.42. The minimum absolute atomic E-state index is 0.282. The van der Waals surface area contributed by atoms with Gasteiger partial charge < -0.3 is 19.1 Å². The second-order valence-corrected chi connectivity index (χ2v) is 7.20. The molecule has 4 heteroatoms. The summed E-state index contributed by atoms with van der Waals surface area (Å²) in [7, 11) is 0. The van der Waals surface area contributed by atoms with Crippen molar-refractivity contribution in [2.75, 3.05) is 0 Å². The van der Waals surface area contributed by atoms with Crippen LogP contribution in [0.3, 0.4) is 0 Å². The van der Waals surface area contributed by atoms with Crippen LogP contribution in [-0.4, -0.2) is 27.7 Å². The van der Waals surface area contributed by atoms with Gasteiger partial charge in [-0.1, -0.05) is 36.4 Å². The van der Waals surface area contributed by atoms with Crippen LogP contribution in [0.2, 0.25) is 0 Å². The average molecular weight is 325 g/mol. The Morgan fingerprint density at radius 1 is 1.21 bits per heavy atom. The topological polar surface area (TPSA) is 43.6 Å². The first-order valence-corrected chi connectivity index (χ1v) is 8.35. The van der Waals surface area contributed by atoms with Crippen LogP contribution in [0.5, 0.6) is 0 Å². The molecule has 0 saturated carbocycles. The first-order chi connectivity index (χ1) is 11.4. The van der Waals surface area contributed by atoms with E-state index in [-0.39, 0.29) is 12.2 Å². The summed E-state index contributed by atoms with van der Waals surface area (Å²) in [4.78, 5) is 0. The lowest BCUT2D eigenvalue weighted by Gasteiger charge is -2.31. The fraction of sp³-hybridized carbons (Fsp3) is 0.400. The van der Waals surface area contributed by atoms with Gasteiger partial charge in [-0.2, -0.15) is 0 Å². The minimum atomic E-state index is -0.696. The van der Waals surface area contributed by atoms with Crippen LogP contribution in [-0.2, 0) is 16.0 Å². The maximum Gasteiger partial charge on any atom is 0.164 e. The Kier molecular flexibility index (Phi) is 3.46. The van der Waals surface area contributed by atoms with Crippen LogP contribution in [0.15, 0.2) is 43.1 Å². The van der Waals surface area contributed by atoms with E-state index in [0.717, 1.165) is 22.4 Å². The van der Waals surface area contributed by atoms with Crippen LogP contribution in [0.1, 0.15) is 42.3 Å². The van der Waals surface area contributed by atoms with Crippen molar-refractivity contribution in [2.45, 2.75) is 51.4 Å². The maximum absolute atomic E-state index is 10.4. The molecule has 2 aliphatic heterocycles. The highest BCUT2D eigenvalue weighted by Crippen LogP contribution is 2.45. The van der Waals surface area contributed by atoms with Gasteiger partial charge in [-0.05, 0) is 38.0 Å². The van der Waals surface area contributed by atoms with Gasteiger partial charge in [-0.15, -0.1) is 0 Å². The molecule has 126 valence electrons. The Labute approximate surface area is 142 Å². The Balaban J connectivity index is 1.76. The molecule has 0 spiro atoms. The Hall–Kier alpha value is -1.88. The molecule has 1 N–H and O–H groups in total. The number of aryl methyl sites for hydroxylation is 1. The van der Waals surface area contributed by atoms with E-state index in [1.807, 2.05) is 20.0 Å². The maximum atomic E-state index is 10.4. The van der Waals surface area contributed by atoms with Gasteiger partial charge in [-0.3, -0.25) is 0 Å². The number of aromatic nitrogens is 1. The van der Waals surface area contributed by atoms with E-state index in [4.69, 9.17) is 9.47 Å². The number of hydrogen-bond acceptors (Lipinski definition) is 3. The zero-order valence-corrected chi connectivity index (χ0v) is 14.3. The SMILES string of the molecule is C=C(c1ccc(C)cc1)c1ccn2c1[C@@H]1OC(C)(C)O[C@@H]1[C@H](O)C2. The largest absolute Gasteiger partial charge is 0.388 e. The molecular formula is C20H23NO3. The molecule has 1 aromatic carbocycles. The molecule has 0 amide bonds. The third-order valence-electron chi connectivity index (χ3n) is 4.89. The zero-order valence-electron chi connectivity index (χ0n) is 14.3. The number of hydrogen-bond donors (Lipinski definition) is 1. The summed E-state index contributed by atoms with van der Waals surface area (Å²) in [5.74, 6) is -0.696. The van der Waals surface area contributed by atoms with Crippen molar-refractivity contribution >= 4 is 5.57 Å². The molecule has 0 aliphatic carbocycles. The van der Waals surface area contributed by atoms with Gasteiger partial charge >= 0.3 is 0 Å². The lowest BCUT2D eigenvalue weighted by molar-refractivity contribution is -0.154. The second kappa shape index (κ2) is 5.31. The predicted octanol–water partition coefficient (Wildman–Crippen LogP) is 3.43. The molecule has 0 radical (unpaired) electrons. The van der Waals surface area contributed by atoms with Crippen LogP contribution >= 0.6 is 0 Å². The number of nitrogens with zero attached hydrogens (tertiary/aromatic N) is 1. The second-order valence-electron chi connectivity index (χ2n) is 7.20. The lowest BCUT2D eigenvalue weighted by Crippen LogP contribution is -2.40. The van der Waals surface area contributed by atoms with Crippen molar-refractivity contribution in [3.05, 3.63) is 65.5 Å². The van der Waals surface area contributed by atoms with Crippen LogP contribution in [0.4, 0.5) is 0 Å². The first kappa shape index (κ1) is 15.6. The molecule has 4 rings (SSSR count). The van der Waals surface area contributed by atoms with Crippen LogP contribution < -0.4 is 0 Å². The van der Waals surface area contributed by atoms with Gasteiger partial charge in [0.2, 0.25) is 0 Å². The van der Waals surface area contributed by atoms with E-state index in [1.165, 1.54) is 5.56 Å². The van der Waals surface area contributed by atoms with Crippen LogP contribution in [0, 0.1) is 6.92 Å². The predicted molar refractivity (Wildman–Crippen MR) is 92.5 cm³/mol. The molecule has 3 heterocycles. The fourth-order valence-electron chi connectivity index (χ4n) is 3.71. The average Bonchev–Trinajstić information content (AvgIpc) is 3.07. The molecule has 24 heavy (non-hydrogen) atoms. The van der Waals surface area contributed by atoms with Gasteiger partial charge in [0.1, 0.15) is 18.3 Å². The van der Waals surface area contributed by atoms with Gasteiger partial charge in [0.15, 0.2) is 5.79 Å². The molecule has 2 aliphatic rings. The van der Waals surface area contributed by atoms with Gasteiger partial charge in [0.05, 0.1) is 12.2 Å². The normalized spacial score (nSPS) is 27.6. The minimum Gasteiger partial charge on any atom is -0.388 e. The molecule has 4 nitrogen and oxygen atoms in total. The Bertz CT molecular complexity index is 788. The number of rotatable bonds is 2. The first-order valence-electron chi connectivity index (χ1n) is 8.35. The number of ether oxygens (including phenoxy) is 2. The highest BCUT2D eigenvalue weighted by atomic mass is 16.8. The molecule has 1 saturated heterocycles. The van der Waals surface area contributed by atoms with Crippen molar-refractivity contribution in [3.8, 4) is 0 Å². The van der Waals surface area contributed by atoms with Gasteiger partial charge in [0.25, 0.3) is 0 Å². The molecule has 0 bridgehead atoms. The Morgan fingerprint density at radius 2 is 1.92 bits per heavy atom. The monoisotopic (exact) mass is 325 g/mol. The van der Waals surface area contributed by atoms with E-state index in [2.05, 4.69) is 48.4 Å². The zero-order chi connectivity index (χ0) is 17.1.